The molecule has 5 nitrogen and oxygen atoms in total. The van der Waals surface area contributed by atoms with Crippen LogP contribution in [0, 0.1) is 0 Å². The second kappa shape index (κ2) is 5.00. The fraction of sp³-hybridized carbons (Fsp3) is 0.467. The third-order valence-corrected chi connectivity index (χ3v) is 3.90. The number of hydrogen-bond donors (Lipinski definition) is 2. The highest BCUT2D eigenvalue weighted by molar-refractivity contribution is 5.38. The van der Waals surface area contributed by atoms with Crippen molar-refractivity contribution in [3.63, 3.8) is 0 Å². The van der Waals surface area contributed by atoms with Gasteiger partial charge in [0.2, 0.25) is 5.89 Å². The van der Waals surface area contributed by atoms with Crippen molar-refractivity contribution in [2.45, 2.75) is 37.7 Å². The average Bonchev–Trinajstić information content (AvgIpc) is 3.04. The Hall–Kier alpha value is -1.72. The minimum atomic E-state index is -1.00. The van der Waals surface area contributed by atoms with Crippen molar-refractivity contribution in [3.05, 3.63) is 47.1 Å². The largest absolute Gasteiger partial charge is 0.388 e. The minimum absolute atomic E-state index is 0.164. The molecule has 0 bridgehead atoms. The number of nitrogens with two attached hydrogens (primary N) is 1. The molecule has 106 valence electrons. The zero-order valence-corrected chi connectivity index (χ0v) is 11.5. The van der Waals surface area contributed by atoms with E-state index in [0.717, 1.165) is 12.8 Å². The van der Waals surface area contributed by atoms with Crippen LogP contribution in [0.5, 0.6) is 0 Å². The third-order valence-electron chi connectivity index (χ3n) is 3.90. The van der Waals surface area contributed by atoms with Gasteiger partial charge in [0.1, 0.15) is 0 Å². The number of fused-ring (bicyclic) bond motifs is 1. The second-order valence-corrected chi connectivity index (χ2v) is 5.71. The molecule has 1 aromatic heterocycles. The van der Waals surface area contributed by atoms with Crippen LogP contribution in [0.15, 0.2) is 28.8 Å². The molecule has 0 spiro atoms. The van der Waals surface area contributed by atoms with E-state index in [-0.39, 0.29) is 18.9 Å². The number of hydrogen-bond acceptors (Lipinski definition) is 5. The highest BCUT2D eigenvalue weighted by atomic mass is 16.5. The quantitative estimate of drug-likeness (QED) is 0.879. The third kappa shape index (κ3) is 2.46. The Morgan fingerprint density at radius 2 is 2.25 bits per heavy atom. The molecule has 2 aromatic rings. The molecule has 0 aliphatic heterocycles. The number of aromatic nitrogens is 2. The topological polar surface area (TPSA) is 85.2 Å². The van der Waals surface area contributed by atoms with Crippen LogP contribution in [0.2, 0.25) is 0 Å². The molecule has 1 aliphatic carbocycles. The lowest BCUT2D eigenvalue weighted by Crippen LogP contribution is -2.36. The summed E-state index contributed by atoms with van der Waals surface area (Å²) in [5.74, 6) is 1.35. The van der Waals surface area contributed by atoms with Crippen LogP contribution in [0.4, 0.5) is 0 Å². The van der Waals surface area contributed by atoms with Crippen molar-refractivity contribution in [2.24, 2.45) is 5.73 Å². The van der Waals surface area contributed by atoms with Crippen LogP contribution in [-0.4, -0.2) is 27.4 Å². The van der Waals surface area contributed by atoms with Crippen molar-refractivity contribution < 1.29 is 9.63 Å². The molecule has 0 saturated heterocycles. The predicted octanol–water partition coefficient (Wildman–Crippen LogP) is 1.40. The Morgan fingerprint density at radius 3 is 3.05 bits per heavy atom. The normalized spacial score (nSPS) is 20.6. The number of rotatable bonds is 4. The molecule has 2 atom stereocenters. The first-order valence-electron chi connectivity index (χ1n) is 6.92. The van der Waals surface area contributed by atoms with E-state index in [4.69, 9.17) is 10.3 Å². The first-order chi connectivity index (χ1) is 9.59. The molecule has 1 aromatic carbocycles. The van der Waals surface area contributed by atoms with Gasteiger partial charge in [0, 0.05) is 12.5 Å². The molecule has 0 amide bonds. The standard InChI is InChI=1S/C15H19N3O2/c1-15(19,9-16)8-13-17-14(18-20-13)12-7-6-10-4-2-3-5-11(10)12/h2-5,12,19H,6-9,16H2,1H3. The summed E-state index contributed by atoms with van der Waals surface area (Å²) in [6.07, 6.45) is 2.34. The van der Waals surface area contributed by atoms with Crippen LogP contribution in [0.3, 0.4) is 0 Å². The zero-order valence-electron chi connectivity index (χ0n) is 11.5. The Labute approximate surface area is 117 Å². The lowest BCUT2D eigenvalue weighted by molar-refractivity contribution is 0.0610. The first kappa shape index (κ1) is 13.3. The van der Waals surface area contributed by atoms with Gasteiger partial charge in [-0.25, -0.2) is 0 Å². The van der Waals surface area contributed by atoms with Crippen LogP contribution in [0.1, 0.15) is 42.1 Å². The Kier molecular flexibility index (Phi) is 3.31. The summed E-state index contributed by atoms with van der Waals surface area (Å²) in [6, 6.07) is 8.37. The van der Waals surface area contributed by atoms with E-state index in [1.165, 1.54) is 11.1 Å². The van der Waals surface area contributed by atoms with Crippen LogP contribution in [-0.2, 0) is 12.8 Å². The number of aliphatic hydroxyl groups is 1. The Balaban J connectivity index is 1.82. The van der Waals surface area contributed by atoms with Crippen molar-refractivity contribution >= 4 is 0 Å². The predicted molar refractivity (Wildman–Crippen MR) is 74.3 cm³/mol. The van der Waals surface area contributed by atoms with Gasteiger partial charge in [0.15, 0.2) is 5.82 Å². The van der Waals surface area contributed by atoms with Gasteiger partial charge in [0.25, 0.3) is 0 Å². The number of nitrogens with zero attached hydrogens (tertiary/aromatic N) is 2. The smallest absolute Gasteiger partial charge is 0.229 e. The van der Waals surface area contributed by atoms with E-state index >= 15 is 0 Å². The fourth-order valence-corrected chi connectivity index (χ4v) is 2.70. The maximum Gasteiger partial charge on any atom is 0.229 e. The van der Waals surface area contributed by atoms with Crippen molar-refractivity contribution in [1.29, 1.82) is 0 Å². The molecule has 20 heavy (non-hydrogen) atoms. The maximum atomic E-state index is 9.96. The summed E-state index contributed by atoms with van der Waals surface area (Å²) >= 11 is 0. The fourth-order valence-electron chi connectivity index (χ4n) is 2.70. The van der Waals surface area contributed by atoms with Gasteiger partial charge in [0.05, 0.1) is 12.0 Å². The summed E-state index contributed by atoms with van der Waals surface area (Å²) in [7, 11) is 0. The molecule has 0 fully saturated rings. The van der Waals surface area contributed by atoms with Crippen LogP contribution >= 0.6 is 0 Å². The lowest BCUT2D eigenvalue weighted by Gasteiger charge is -2.17. The van der Waals surface area contributed by atoms with Crippen molar-refractivity contribution in [3.8, 4) is 0 Å². The molecule has 1 aliphatic rings. The highest BCUT2D eigenvalue weighted by Gasteiger charge is 2.29. The molecule has 0 saturated carbocycles. The monoisotopic (exact) mass is 273 g/mol. The summed E-state index contributed by atoms with van der Waals surface area (Å²) in [6.45, 7) is 1.83. The molecular formula is C15H19N3O2. The van der Waals surface area contributed by atoms with Crippen LogP contribution < -0.4 is 5.73 Å². The lowest BCUT2D eigenvalue weighted by atomic mass is 10.0. The van der Waals surface area contributed by atoms with Gasteiger partial charge in [-0.15, -0.1) is 0 Å². The maximum absolute atomic E-state index is 9.96. The van der Waals surface area contributed by atoms with Crippen molar-refractivity contribution in [2.75, 3.05) is 6.54 Å². The molecule has 0 radical (unpaired) electrons. The molecule has 5 heteroatoms. The molecule has 3 N–H and O–H groups in total. The summed E-state index contributed by atoms with van der Waals surface area (Å²) in [5, 5.41) is 14.0. The SMILES string of the molecule is CC(O)(CN)Cc1nc(C2CCc3ccccc32)no1. The molecule has 3 rings (SSSR count). The van der Waals surface area contributed by atoms with E-state index in [0.29, 0.717) is 11.7 Å². The molecule has 2 unspecified atom stereocenters. The van der Waals surface area contributed by atoms with E-state index in [1.54, 1.807) is 6.92 Å². The summed E-state index contributed by atoms with van der Waals surface area (Å²) in [5.41, 5.74) is 7.15. The van der Waals surface area contributed by atoms with E-state index < -0.39 is 5.60 Å². The first-order valence-corrected chi connectivity index (χ1v) is 6.92. The minimum Gasteiger partial charge on any atom is -0.388 e. The molecule has 1 heterocycles. The second-order valence-electron chi connectivity index (χ2n) is 5.71. The highest BCUT2D eigenvalue weighted by Crippen LogP contribution is 2.36. The van der Waals surface area contributed by atoms with E-state index in [1.807, 2.05) is 6.07 Å². The average molecular weight is 273 g/mol. The van der Waals surface area contributed by atoms with Gasteiger partial charge in [-0.1, -0.05) is 29.4 Å². The van der Waals surface area contributed by atoms with Gasteiger partial charge in [-0.3, -0.25) is 0 Å². The molecular weight excluding hydrogens is 254 g/mol. The Morgan fingerprint density at radius 1 is 1.45 bits per heavy atom. The van der Waals surface area contributed by atoms with Crippen molar-refractivity contribution in [1.82, 2.24) is 10.1 Å². The van der Waals surface area contributed by atoms with Gasteiger partial charge >= 0.3 is 0 Å². The summed E-state index contributed by atoms with van der Waals surface area (Å²) in [4.78, 5) is 4.43. The summed E-state index contributed by atoms with van der Waals surface area (Å²) < 4.78 is 5.25. The van der Waals surface area contributed by atoms with Gasteiger partial charge < -0.3 is 15.4 Å². The Bertz CT molecular complexity index is 607. The number of benzene rings is 1. The van der Waals surface area contributed by atoms with E-state index in [9.17, 15) is 5.11 Å². The van der Waals surface area contributed by atoms with E-state index in [2.05, 4.69) is 28.3 Å². The number of aryl methyl sites for hydroxylation is 1. The van der Waals surface area contributed by atoms with Gasteiger partial charge in [-0.05, 0) is 30.9 Å². The zero-order chi connectivity index (χ0) is 14.2. The van der Waals surface area contributed by atoms with Gasteiger partial charge in [-0.2, -0.15) is 4.98 Å². The van der Waals surface area contributed by atoms with Crippen LogP contribution in [0.25, 0.3) is 0 Å².